The van der Waals surface area contributed by atoms with Crippen LogP contribution in [0, 0.1) is 0 Å². The molecule has 1 fully saturated rings. The topological polar surface area (TPSA) is 99.7 Å². The van der Waals surface area contributed by atoms with E-state index in [-0.39, 0.29) is 11.1 Å². The van der Waals surface area contributed by atoms with E-state index in [2.05, 4.69) is 15.3 Å². The number of aromatic amines is 1. The summed E-state index contributed by atoms with van der Waals surface area (Å²) >= 11 is 12.4. The van der Waals surface area contributed by atoms with Crippen LogP contribution in [-0.2, 0) is 0 Å². The second-order valence-corrected chi connectivity index (χ2v) is 6.70. The second kappa shape index (κ2) is 7.88. The molecule has 7 nitrogen and oxygen atoms in total. The van der Waals surface area contributed by atoms with Gasteiger partial charge in [-0.25, -0.2) is 5.10 Å². The average Bonchev–Trinajstić information content (AvgIpc) is 2.64. The number of piperidine rings is 1. The Hall–Kier alpha value is -2.38. The third kappa shape index (κ3) is 3.73. The van der Waals surface area contributed by atoms with Crippen molar-refractivity contribution in [1.82, 2.24) is 10.2 Å². The molecule has 9 heteroatoms. The van der Waals surface area contributed by atoms with E-state index in [1.807, 2.05) is 36.1 Å². The van der Waals surface area contributed by atoms with Gasteiger partial charge >= 0.3 is 0 Å². The van der Waals surface area contributed by atoms with E-state index >= 15 is 0 Å². The zero-order valence-corrected chi connectivity index (χ0v) is 15.6. The molecule has 3 rings (SSSR count). The fraction of sp³-hybridized carbons (Fsp3) is 0.294. The number of anilines is 1. The van der Waals surface area contributed by atoms with Crippen LogP contribution in [-0.4, -0.2) is 34.7 Å². The van der Waals surface area contributed by atoms with Crippen molar-refractivity contribution in [2.24, 2.45) is 15.9 Å². The number of hydrazone groups is 1. The highest BCUT2D eigenvalue weighted by Crippen LogP contribution is 2.27. The zero-order chi connectivity index (χ0) is 18.7. The lowest BCUT2D eigenvalue weighted by molar-refractivity contribution is 0.796. The lowest BCUT2D eigenvalue weighted by Gasteiger charge is -2.31. The Labute approximate surface area is 160 Å². The first-order chi connectivity index (χ1) is 12.5. The van der Waals surface area contributed by atoms with E-state index in [0.29, 0.717) is 35.9 Å². The van der Waals surface area contributed by atoms with E-state index in [0.717, 1.165) is 11.3 Å². The van der Waals surface area contributed by atoms with Crippen LogP contribution in [0.4, 0.5) is 5.69 Å². The van der Waals surface area contributed by atoms with Gasteiger partial charge in [0.1, 0.15) is 10.7 Å². The van der Waals surface area contributed by atoms with E-state index in [4.69, 9.17) is 34.0 Å². The molecule has 1 aromatic heterocycles. The summed E-state index contributed by atoms with van der Waals surface area (Å²) in [6.07, 6.45) is 2.14. The minimum atomic E-state index is -0.429. The summed E-state index contributed by atoms with van der Waals surface area (Å²) < 4.78 is 0. The van der Waals surface area contributed by atoms with Crippen molar-refractivity contribution in [1.29, 1.82) is 0 Å². The largest absolute Gasteiger partial charge is 0.362 e. The van der Waals surface area contributed by atoms with Gasteiger partial charge in [0.15, 0.2) is 0 Å². The molecule has 1 aromatic carbocycles. The van der Waals surface area contributed by atoms with E-state index in [9.17, 15) is 4.79 Å². The maximum Gasteiger partial charge on any atom is 0.285 e. The molecule has 0 amide bonds. The molecule has 0 unspecified atom stereocenters. The number of nitrogens with one attached hydrogen (secondary N) is 1. The molecular weight excluding hydrogens is 375 g/mol. The highest BCUT2D eigenvalue weighted by atomic mass is 35.5. The molecule has 0 aliphatic carbocycles. The predicted octanol–water partition coefficient (Wildman–Crippen LogP) is 2.80. The number of aliphatic imine (C=N–C) groups is 1. The number of H-pyrrole nitrogens is 1. The maximum absolute atomic E-state index is 11.7. The van der Waals surface area contributed by atoms with Crippen LogP contribution in [0.15, 0.2) is 45.4 Å². The number of nitrogens with zero attached hydrogens (tertiary/aromatic N) is 4. The third-order valence-electron chi connectivity index (χ3n) is 4.27. The van der Waals surface area contributed by atoms with Crippen molar-refractivity contribution in [3.05, 3.63) is 56.4 Å². The summed E-state index contributed by atoms with van der Waals surface area (Å²) in [5.41, 5.74) is 2.54. The van der Waals surface area contributed by atoms with Gasteiger partial charge in [-0.15, -0.1) is 0 Å². The molecule has 1 aliphatic rings. The molecule has 0 bridgehead atoms. The highest BCUT2D eigenvalue weighted by Gasteiger charge is 2.25. The van der Waals surface area contributed by atoms with E-state index in [1.54, 1.807) is 0 Å². The van der Waals surface area contributed by atoms with Gasteiger partial charge in [-0.05, 0) is 18.6 Å². The van der Waals surface area contributed by atoms with Crippen molar-refractivity contribution in [3.63, 3.8) is 0 Å². The first-order valence-corrected chi connectivity index (χ1v) is 8.83. The number of hydrogen-bond donors (Lipinski definition) is 2. The van der Waals surface area contributed by atoms with Crippen LogP contribution in [0.25, 0.3) is 0 Å². The molecule has 0 radical (unpaired) electrons. The molecule has 1 atom stereocenters. The number of aromatic nitrogens is 2. The van der Waals surface area contributed by atoms with Crippen LogP contribution < -0.4 is 16.3 Å². The van der Waals surface area contributed by atoms with Gasteiger partial charge < -0.3 is 10.7 Å². The number of hydrogen-bond acceptors (Lipinski definition) is 6. The van der Waals surface area contributed by atoms with Crippen molar-refractivity contribution in [2.75, 3.05) is 18.0 Å². The summed E-state index contributed by atoms with van der Waals surface area (Å²) in [7, 11) is 0. The Bertz CT molecular complexity index is 923. The van der Waals surface area contributed by atoms with Crippen LogP contribution in [0.3, 0.4) is 0 Å². The van der Waals surface area contributed by atoms with Crippen LogP contribution in [0.1, 0.15) is 24.9 Å². The highest BCUT2D eigenvalue weighted by molar-refractivity contribution is 6.44. The summed E-state index contributed by atoms with van der Waals surface area (Å²) in [5, 5.41) is 10.8. The smallest absolute Gasteiger partial charge is 0.285 e. The van der Waals surface area contributed by atoms with Gasteiger partial charge in [0.05, 0.1) is 30.2 Å². The van der Waals surface area contributed by atoms with Gasteiger partial charge in [-0.1, -0.05) is 41.4 Å². The molecule has 0 saturated carbocycles. The van der Waals surface area contributed by atoms with Crippen LogP contribution in [0.5, 0.6) is 0 Å². The van der Waals surface area contributed by atoms with Gasteiger partial charge in [0.25, 0.3) is 5.56 Å². The number of benzene rings is 1. The molecule has 26 heavy (non-hydrogen) atoms. The lowest BCUT2D eigenvalue weighted by atomic mass is 10.0. The Morgan fingerprint density at radius 1 is 1.31 bits per heavy atom. The van der Waals surface area contributed by atoms with E-state index in [1.165, 1.54) is 6.20 Å². The zero-order valence-electron chi connectivity index (χ0n) is 14.1. The Morgan fingerprint density at radius 2 is 2.08 bits per heavy atom. The fourth-order valence-corrected chi connectivity index (χ4v) is 3.41. The third-order valence-corrected chi connectivity index (χ3v) is 4.98. The Morgan fingerprint density at radius 3 is 2.81 bits per heavy atom. The molecule has 136 valence electrons. The quantitative estimate of drug-likeness (QED) is 0.619. The average molecular weight is 393 g/mol. The summed E-state index contributed by atoms with van der Waals surface area (Å²) in [6, 6.07) is 7.49. The van der Waals surface area contributed by atoms with Crippen molar-refractivity contribution in [3.8, 4) is 0 Å². The monoisotopic (exact) mass is 392 g/mol. The molecule has 1 saturated heterocycles. The molecule has 3 N–H and O–H groups in total. The second-order valence-electron chi connectivity index (χ2n) is 5.92. The molecule has 0 spiro atoms. The predicted molar refractivity (Wildman–Crippen MR) is 106 cm³/mol. The minimum Gasteiger partial charge on any atom is -0.362 e. The SMILES string of the molecule is C[C@@H](N=C1CCN(c2cn[nH]c(=O)c2Cl)C/C1=N/N)c1ccccc1Cl. The van der Waals surface area contributed by atoms with E-state index < -0.39 is 5.56 Å². The summed E-state index contributed by atoms with van der Waals surface area (Å²) in [5.74, 6) is 5.58. The van der Waals surface area contributed by atoms with Gasteiger partial charge in [-0.2, -0.15) is 10.2 Å². The molecular formula is C17H18Cl2N6O. The van der Waals surface area contributed by atoms with Crippen molar-refractivity contribution < 1.29 is 0 Å². The summed E-state index contributed by atoms with van der Waals surface area (Å²) in [6.45, 7) is 3.00. The minimum absolute atomic E-state index is 0.0983. The molecule has 2 aromatic rings. The lowest BCUT2D eigenvalue weighted by Crippen LogP contribution is -2.42. The molecule has 1 aliphatic heterocycles. The van der Waals surface area contributed by atoms with Gasteiger partial charge in [-0.3, -0.25) is 9.79 Å². The maximum atomic E-state index is 11.7. The van der Waals surface area contributed by atoms with Crippen LogP contribution in [0.2, 0.25) is 10.0 Å². The normalized spacial score (nSPS) is 19.1. The number of rotatable bonds is 3. The van der Waals surface area contributed by atoms with Gasteiger partial charge in [0.2, 0.25) is 0 Å². The van der Waals surface area contributed by atoms with Crippen molar-refractivity contribution >= 4 is 40.3 Å². The fourth-order valence-electron chi connectivity index (χ4n) is 2.91. The number of halogens is 2. The Kier molecular flexibility index (Phi) is 5.58. The Balaban J connectivity index is 1.84. The van der Waals surface area contributed by atoms with Crippen molar-refractivity contribution in [2.45, 2.75) is 19.4 Å². The first-order valence-electron chi connectivity index (χ1n) is 8.07. The molecule has 2 heterocycles. The summed E-state index contributed by atoms with van der Waals surface area (Å²) in [4.78, 5) is 18.3. The van der Waals surface area contributed by atoms with Crippen LogP contribution >= 0.6 is 23.2 Å². The number of nitrogens with two attached hydrogens (primary N) is 1. The first kappa shape index (κ1) is 18.4. The standard InChI is InChI=1S/C17H18Cl2N6O/c1-10(11-4-2-3-5-12(11)18)22-13-6-7-25(9-14(13)23-20)15-8-21-24-17(26)16(15)19/h2-5,8,10H,6-7,9,20H2,1H3,(H,24,26)/b22-13?,23-14-/t10-/m1/s1. The van der Waals surface area contributed by atoms with Gasteiger partial charge in [0, 0.05) is 18.0 Å².